The zero-order valence-corrected chi connectivity index (χ0v) is 11.7. The van der Waals surface area contributed by atoms with Gasteiger partial charge in [0.2, 0.25) is 5.91 Å². The molecular formula is C15H14ClN3O. The van der Waals surface area contributed by atoms with E-state index in [0.717, 1.165) is 28.2 Å². The molecule has 0 fully saturated rings. The van der Waals surface area contributed by atoms with Crippen LogP contribution in [0.15, 0.2) is 30.3 Å². The molecule has 0 saturated carbocycles. The van der Waals surface area contributed by atoms with Crippen molar-refractivity contribution in [3.05, 3.63) is 46.5 Å². The highest BCUT2D eigenvalue weighted by Gasteiger charge is 2.19. The van der Waals surface area contributed by atoms with E-state index in [4.69, 9.17) is 17.3 Å². The lowest BCUT2D eigenvalue weighted by Gasteiger charge is -2.12. The normalized spacial score (nSPS) is 13.0. The van der Waals surface area contributed by atoms with Crippen molar-refractivity contribution >= 4 is 40.3 Å². The van der Waals surface area contributed by atoms with E-state index in [1.165, 1.54) is 0 Å². The van der Waals surface area contributed by atoms with Gasteiger partial charge in [-0.2, -0.15) is 0 Å². The van der Waals surface area contributed by atoms with Crippen LogP contribution in [-0.4, -0.2) is 5.91 Å². The summed E-state index contributed by atoms with van der Waals surface area (Å²) in [6.07, 6.45) is 0.385. The summed E-state index contributed by atoms with van der Waals surface area (Å²) in [5, 5.41) is 6.73. The first-order valence-electron chi connectivity index (χ1n) is 6.28. The maximum atomic E-state index is 11.4. The molecule has 1 aliphatic rings. The standard InChI is InChI=1S/C15H14ClN3O/c1-8-2-3-10(6-11(8)16)18-14-7-13-9(4-12(14)17)5-15(20)19-13/h2-4,6-7,18H,5,17H2,1H3,(H,19,20). The number of aryl methyl sites for hydroxylation is 1. The van der Waals surface area contributed by atoms with Crippen LogP contribution >= 0.6 is 11.6 Å². The highest BCUT2D eigenvalue weighted by Crippen LogP contribution is 2.33. The predicted molar refractivity (Wildman–Crippen MR) is 82.7 cm³/mol. The second kappa shape index (κ2) is 4.72. The average Bonchev–Trinajstić information content (AvgIpc) is 2.73. The van der Waals surface area contributed by atoms with Crippen molar-refractivity contribution in [1.82, 2.24) is 0 Å². The van der Waals surface area contributed by atoms with Gasteiger partial charge in [0.15, 0.2) is 0 Å². The fourth-order valence-electron chi connectivity index (χ4n) is 2.23. The molecule has 1 aliphatic heterocycles. The summed E-state index contributed by atoms with van der Waals surface area (Å²) in [5.74, 6) is -0.00469. The van der Waals surface area contributed by atoms with Gasteiger partial charge in [0.1, 0.15) is 0 Å². The zero-order valence-electron chi connectivity index (χ0n) is 11.0. The molecule has 2 aromatic rings. The van der Waals surface area contributed by atoms with Gasteiger partial charge < -0.3 is 16.4 Å². The number of amides is 1. The molecule has 4 N–H and O–H groups in total. The Morgan fingerprint density at radius 1 is 1.30 bits per heavy atom. The van der Waals surface area contributed by atoms with E-state index in [-0.39, 0.29) is 5.91 Å². The molecule has 20 heavy (non-hydrogen) atoms. The highest BCUT2D eigenvalue weighted by molar-refractivity contribution is 6.31. The average molecular weight is 288 g/mol. The Hall–Kier alpha value is -2.20. The minimum absolute atomic E-state index is 0.00469. The van der Waals surface area contributed by atoms with Gasteiger partial charge in [0, 0.05) is 16.4 Å². The molecule has 0 radical (unpaired) electrons. The summed E-state index contributed by atoms with van der Waals surface area (Å²) in [6, 6.07) is 9.40. The van der Waals surface area contributed by atoms with Crippen LogP contribution in [-0.2, 0) is 11.2 Å². The van der Waals surface area contributed by atoms with Crippen LogP contribution in [0, 0.1) is 6.92 Å². The Morgan fingerprint density at radius 2 is 2.10 bits per heavy atom. The summed E-state index contributed by atoms with van der Waals surface area (Å²) >= 11 is 6.10. The van der Waals surface area contributed by atoms with Crippen molar-refractivity contribution in [1.29, 1.82) is 0 Å². The first-order chi connectivity index (χ1) is 9.52. The molecule has 0 aliphatic carbocycles. The summed E-state index contributed by atoms with van der Waals surface area (Å²) in [5.41, 5.74) is 11.0. The number of hydrogen-bond donors (Lipinski definition) is 3. The summed E-state index contributed by atoms with van der Waals surface area (Å²) in [4.78, 5) is 11.4. The number of nitrogens with two attached hydrogens (primary N) is 1. The van der Waals surface area contributed by atoms with Crippen molar-refractivity contribution in [2.24, 2.45) is 0 Å². The van der Waals surface area contributed by atoms with E-state index >= 15 is 0 Å². The number of benzene rings is 2. The van der Waals surface area contributed by atoms with Gasteiger partial charge in [-0.15, -0.1) is 0 Å². The molecule has 1 amide bonds. The summed E-state index contributed by atoms with van der Waals surface area (Å²) in [6.45, 7) is 1.95. The van der Waals surface area contributed by atoms with Crippen molar-refractivity contribution in [3.8, 4) is 0 Å². The maximum Gasteiger partial charge on any atom is 0.228 e. The molecular weight excluding hydrogens is 274 g/mol. The van der Waals surface area contributed by atoms with E-state index in [1.807, 2.05) is 37.3 Å². The Kier molecular flexibility index (Phi) is 3.03. The van der Waals surface area contributed by atoms with Crippen molar-refractivity contribution < 1.29 is 4.79 Å². The molecule has 4 nitrogen and oxygen atoms in total. The Labute approximate surface area is 121 Å². The first-order valence-corrected chi connectivity index (χ1v) is 6.66. The number of anilines is 4. The van der Waals surface area contributed by atoms with E-state index in [1.54, 1.807) is 0 Å². The molecule has 102 valence electrons. The number of fused-ring (bicyclic) bond motifs is 1. The third-order valence-corrected chi connectivity index (χ3v) is 3.76. The van der Waals surface area contributed by atoms with Crippen molar-refractivity contribution in [2.75, 3.05) is 16.4 Å². The lowest BCUT2D eigenvalue weighted by Crippen LogP contribution is -2.03. The number of rotatable bonds is 2. The Balaban J connectivity index is 1.93. The van der Waals surface area contributed by atoms with Crippen LogP contribution in [0.25, 0.3) is 0 Å². The number of carbonyl (C=O) groups is 1. The van der Waals surface area contributed by atoms with Crippen LogP contribution < -0.4 is 16.4 Å². The third kappa shape index (κ3) is 2.30. The SMILES string of the molecule is Cc1ccc(Nc2cc3c(cc2N)CC(=O)N3)cc1Cl. The Bertz CT molecular complexity index is 713. The van der Waals surface area contributed by atoms with E-state index < -0.39 is 0 Å². The lowest BCUT2D eigenvalue weighted by molar-refractivity contribution is -0.115. The second-order valence-electron chi connectivity index (χ2n) is 4.91. The minimum atomic E-state index is -0.00469. The van der Waals surface area contributed by atoms with Gasteiger partial charge in [-0.1, -0.05) is 17.7 Å². The molecule has 0 saturated heterocycles. The molecule has 0 spiro atoms. The summed E-state index contributed by atoms with van der Waals surface area (Å²) in [7, 11) is 0. The second-order valence-corrected chi connectivity index (χ2v) is 5.32. The van der Waals surface area contributed by atoms with Crippen molar-refractivity contribution in [2.45, 2.75) is 13.3 Å². The summed E-state index contributed by atoms with van der Waals surface area (Å²) < 4.78 is 0. The van der Waals surface area contributed by atoms with Crippen LogP contribution in [0.4, 0.5) is 22.7 Å². The van der Waals surface area contributed by atoms with Crippen LogP contribution in [0.5, 0.6) is 0 Å². The predicted octanol–water partition coefficient (Wildman–Crippen LogP) is 3.47. The molecule has 3 rings (SSSR count). The number of hydrogen-bond acceptors (Lipinski definition) is 3. The zero-order chi connectivity index (χ0) is 14.3. The fourth-order valence-corrected chi connectivity index (χ4v) is 2.41. The van der Waals surface area contributed by atoms with Gasteiger partial charge >= 0.3 is 0 Å². The lowest BCUT2D eigenvalue weighted by atomic mass is 10.1. The number of halogens is 1. The third-order valence-electron chi connectivity index (χ3n) is 3.35. The number of carbonyl (C=O) groups excluding carboxylic acids is 1. The van der Waals surface area contributed by atoms with Crippen LogP contribution in [0.1, 0.15) is 11.1 Å². The molecule has 1 heterocycles. The highest BCUT2D eigenvalue weighted by atomic mass is 35.5. The van der Waals surface area contributed by atoms with E-state index in [9.17, 15) is 4.79 Å². The largest absolute Gasteiger partial charge is 0.397 e. The molecule has 0 aromatic heterocycles. The maximum absolute atomic E-state index is 11.4. The minimum Gasteiger partial charge on any atom is -0.397 e. The van der Waals surface area contributed by atoms with Crippen LogP contribution in [0.2, 0.25) is 5.02 Å². The molecule has 0 atom stereocenters. The topological polar surface area (TPSA) is 67.1 Å². The first kappa shape index (κ1) is 12.8. The van der Waals surface area contributed by atoms with E-state index in [0.29, 0.717) is 17.1 Å². The molecule has 5 heteroatoms. The van der Waals surface area contributed by atoms with E-state index in [2.05, 4.69) is 10.6 Å². The monoisotopic (exact) mass is 287 g/mol. The van der Waals surface area contributed by atoms with Crippen LogP contribution in [0.3, 0.4) is 0 Å². The molecule has 0 bridgehead atoms. The quantitative estimate of drug-likeness (QED) is 0.741. The number of nitrogens with one attached hydrogen (secondary N) is 2. The fraction of sp³-hybridized carbons (Fsp3) is 0.133. The number of nitrogen functional groups attached to an aromatic ring is 1. The van der Waals surface area contributed by atoms with Gasteiger partial charge in [-0.25, -0.2) is 0 Å². The molecule has 2 aromatic carbocycles. The van der Waals surface area contributed by atoms with Gasteiger partial charge in [-0.3, -0.25) is 4.79 Å². The van der Waals surface area contributed by atoms with Gasteiger partial charge in [-0.05, 0) is 42.3 Å². The van der Waals surface area contributed by atoms with Crippen molar-refractivity contribution in [3.63, 3.8) is 0 Å². The molecule has 0 unspecified atom stereocenters. The van der Waals surface area contributed by atoms with Gasteiger partial charge in [0.25, 0.3) is 0 Å². The van der Waals surface area contributed by atoms with Gasteiger partial charge in [0.05, 0.1) is 17.8 Å². The Morgan fingerprint density at radius 3 is 2.85 bits per heavy atom. The smallest absolute Gasteiger partial charge is 0.228 e.